The van der Waals surface area contributed by atoms with Crippen LogP contribution in [-0.4, -0.2) is 30.6 Å². The molecule has 0 fully saturated rings. The molecule has 3 N–H and O–H groups in total. The van der Waals surface area contributed by atoms with E-state index in [1.54, 1.807) is 37.4 Å². The van der Waals surface area contributed by atoms with Crippen molar-refractivity contribution >= 4 is 34.8 Å². The third kappa shape index (κ3) is 6.38. The molecule has 6 nitrogen and oxygen atoms in total. The molecule has 0 saturated heterocycles. The molecule has 7 heteroatoms. The first-order chi connectivity index (χ1) is 13.0. The van der Waals surface area contributed by atoms with Gasteiger partial charge in [0.15, 0.2) is 5.11 Å². The number of carbonyl (C=O) groups excluding carboxylic acids is 2. The Hall–Kier alpha value is -2.93. The van der Waals surface area contributed by atoms with Crippen molar-refractivity contribution in [1.29, 1.82) is 0 Å². The number of anilines is 1. The molecule has 0 aliphatic rings. The molecule has 142 valence electrons. The Morgan fingerprint density at radius 3 is 2.44 bits per heavy atom. The molecule has 2 aromatic rings. The van der Waals surface area contributed by atoms with Gasteiger partial charge in [0.2, 0.25) is 5.91 Å². The molecule has 0 saturated carbocycles. The molecule has 0 unspecified atom stereocenters. The fraction of sp³-hybridized carbons (Fsp3) is 0.250. The van der Waals surface area contributed by atoms with E-state index >= 15 is 0 Å². The van der Waals surface area contributed by atoms with E-state index in [0.29, 0.717) is 24.3 Å². The lowest BCUT2D eigenvalue weighted by molar-refractivity contribution is -0.119. The third-order valence-corrected chi connectivity index (χ3v) is 3.88. The summed E-state index contributed by atoms with van der Waals surface area (Å²) in [7, 11) is 1.60. The summed E-state index contributed by atoms with van der Waals surface area (Å²) in [4.78, 5) is 23.9. The van der Waals surface area contributed by atoms with Gasteiger partial charge >= 0.3 is 0 Å². The molecule has 0 heterocycles. The highest BCUT2D eigenvalue weighted by Crippen LogP contribution is 2.18. The maximum Gasteiger partial charge on any atom is 0.261 e. The van der Waals surface area contributed by atoms with Gasteiger partial charge in [-0.1, -0.05) is 31.2 Å². The van der Waals surface area contributed by atoms with Crippen molar-refractivity contribution in [3.8, 4) is 5.75 Å². The summed E-state index contributed by atoms with van der Waals surface area (Å²) >= 11 is 5.22. The molecule has 2 aromatic carbocycles. The van der Waals surface area contributed by atoms with Crippen molar-refractivity contribution in [2.24, 2.45) is 0 Å². The number of benzene rings is 2. The Kier molecular flexibility index (Phi) is 7.76. The van der Waals surface area contributed by atoms with E-state index in [1.807, 2.05) is 25.1 Å². The van der Waals surface area contributed by atoms with E-state index in [4.69, 9.17) is 17.0 Å². The molecule has 0 atom stereocenters. The van der Waals surface area contributed by atoms with Gasteiger partial charge in [0.05, 0.1) is 18.6 Å². The molecular weight excluding hydrogens is 362 g/mol. The van der Waals surface area contributed by atoms with Crippen molar-refractivity contribution in [2.75, 3.05) is 19.0 Å². The molecule has 0 aliphatic heterocycles. The van der Waals surface area contributed by atoms with Crippen LogP contribution >= 0.6 is 12.2 Å². The second kappa shape index (κ2) is 10.3. The van der Waals surface area contributed by atoms with Gasteiger partial charge in [0, 0.05) is 12.7 Å². The summed E-state index contributed by atoms with van der Waals surface area (Å²) in [5.74, 6) is 0.135. The molecule has 0 bridgehead atoms. The maximum absolute atomic E-state index is 12.5. The number of thiocarbonyl (C=S) groups is 1. The zero-order chi connectivity index (χ0) is 19.6. The van der Waals surface area contributed by atoms with Crippen LogP contribution in [0.5, 0.6) is 5.75 Å². The number of amides is 2. The summed E-state index contributed by atoms with van der Waals surface area (Å²) in [6, 6.07) is 14.3. The molecular formula is C20H23N3O3S. The first-order valence-electron chi connectivity index (χ1n) is 8.67. The number of hydrogen-bond acceptors (Lipinski definition) is 4. The normalized spacial score (nSPS) is 10.0. The standard InChI is InChI=1S/C20H23N3O3S/c1-3-12-26-17-7-5-4-6-16(17)19(25)23-20(27)22-15-10-8-14(9-11-15)13-18(24)21-2/h4-11H,3,12-13H2,1-2H3,(H,21,24)(H2,22,23,25,27). The van der Waals surface area contributed by atoms with Gasteiger partial charge in [-0.25, -0.2) is 0 Å². The van der Waals surface area contributed by atoms with Crippen LogP contribution in [0.4, 0.5) is 5.69 Å². The number of likely N-dealkylation sites (N-methyl/N-ethyl adjacent to an activating group) is 1. The SMILES string of the molecule is CCCOc1ccccc1C(=O)NC(=S)Nc1ccc(CC(=O)NC)cc1. The van der Waals surface area contributed by atoms with Gasteiger partial charge in [0.25, 0.3) is 5.91 Å². The highest BCUT2D eigenvalue weighted by molar-refractivity contribution is 7.80. The van der Waals surface area contributed by atoms with Crippen molar-refractivity contribution in [1.82, 2.24) is 10.6 Å². The fourth-order valence-electron chi connectivity index (χ4n) is 2.30. The first kappa shape index (κ1) is 20.4. The van der Waals surface area contributed by atoms with Crippen molar-refractivity contribution < 1.29 is 14.3 Å². The van der Waals surface area contributed by atoms with E-state index in [0.717, 1.165) is 17.7 Å². The van der Waals surface area contributed by atoms with Gasteiger partial charge < -0.3 is 15.4 Å². The lowest BCUT2D eigenvalue weighted by Crippen LogP contribution is -2.34. The molecule has 27 heavy (non-hydrogen) atoms. The van der Waals surface area contributed by atoms with Crippen LogP contribution < -0.4 is 20.7 Å². The Morgan fingerprint density at radius 2 is 1.78 bits per heavy atom. The number of rotatable bonds is 7. The number of nitrogens with one attached hydrogen (secondary N) is 3. The summed E-state index contributed by atoms with van der Waals surface area (Å²) < 4.78 is 5.60. The van der Waals surface area contributed by atoms with Crippen LogP contribution in [0.2, 0.25) is 0 Å². The Balaban J connectivity index is 1.95. The van der Waals surface area contributed by atoms with Crippen molar-refractivity contribution in [3.05, 3.63) is 59.7 Å². The van der Waals surface area contributed by atoms with Gasteiger partial charge in [-0.2, -0.15) is 0 Å². The highest BCUT2D eigenvalue weighted by atomic mass is 32.1. The Labute approximate surface area is 164 Å². The molecule has 0 radical (unpaired) electrons. The smallest absolute Gasteiger partial charge is 0.261 e. The minimum atomic E-state index is -0.338. The van der Waals surface area contributed by atoms with Crippen molar-refractivity contribution in [2.45, 2.75) is 19.8 Å². The van der Waals surface area contributed by atoms with Gasteiger partial charge in [-0.3, -0.25) is 14.9 Å². The van der Waals surface area contributed by atoms with Crippen LogP contribution in [-0.2, 0) is 11.2 Å². The molecule has 2 amide bonds. The first-order valence-corrected chi connectivity index (χ1v) is 9.08. The maximum atomic E-state index is 12.5. The molecule has 0 spiro atoms. The van der Waals surface area contributed by atoms with E-state index in [1.165, 1.54) is 0 Å². The van der Waals surface area contributed by atoms with E-state index < -0.39 is 0 Å². The molecule has 0 aromatic heterocycles. The highest BCUT2D eigenvalue weighted by Gasteiger charge is 2.13. The minimum Gasteiger partial charge on any atom is -0.493 e. The summed E-state index contributed by atoms with van der Waals surface area (Å²) in [6.45, 7) is 2.54. The third-order valence-electron chi connectivity index (χ3n) is 3.68. The van der Waals surface area contributed by atoms with E-state index in [-0.39, 0.29) is 16.9 Å². The van der Waals surface area contributed by atoms with Gasteiger partial charge in [-0.05, 0) is 48.5 Å². The summed E-state index contributed by atoms with van der Waals surface area (Å²) in [5.41, 5.74) is 2.03. The van der Waals surface area contributed by atoms with Gasteiger partial charge in [0.1, 0.15) is 5.75 Å². The van der Waals surface area contributed by atoms with Crippen LogP contribution in [0.15, 0.2) is 48.5 Å². The van der Waals surface area contributed by atoms with E-state index in [2.05, 4.69) is 16.0 Å². The average Bonchev–Trinajstić information content (AvgIpc) is 2.67. The van der Waals surface area contributed by atoms with Gasteiger partial charge in [-0.15, -0.1) is 0 Å². The average molecular weight is 385 g/mol. The van der Waals surface area contributed by atoms with Crippen LogP contribution in [0.25, 0.3) is 0 Å². The van der Waals surface area contributed by atoms with Crippen molar-refractivity contribution in [3.63, 3.8) is 0 Å². The lowest BCUT2D eigenvalue weighted by atomic mass is 10.1. The molecule has 0 aliphatic carbocycles. The van der Waals surface area contributed by atoms with Crippen LogP contribution in [0.3, 0.4) is 0 Å². The monoisotopic (exact) mass is 385 g/mol. The Morgan fingerprint density at radius 1 is 1.07 bits per heavy atom. The number of ether oxygens (including phenoxy) is 1. The second-order valence-corrected chi connectivity index (χ2v) is 6.21. The quantitative estimate of drug-likeness (QED) is 0.639. The zero-order valence-corrected chi connectivity index (χ0v) is 16.2. The number of para-hydroxylation sites is 1. The minimum absolute atomic E-state index is 0.0533. The van der Waals surface area contributed by atoms with Crippen LogP contribution in [0.1, 0.15) is 29.3 Å². The zero-order valence-electron chi connectivity index (χ0n) is 15.4. The lowest BCUT2D eigenvalue weighted by Gasteiger charge is -2.13. The fourth-order valence-corrected chi connectivity index (χ4v) is 2.52. The second-order valence-electron chi connectivity index (χ2n) is 5.80. The number of carbonyl (C=O) groups is 2. The number of hydrogen-bond donors (Lipinski definition) is 3. The predicted molar refractivity (Wildman–Crippen MR) is 110 cm³/mol. The Bertz CT molecular complexity index is 806. The predicted octanol–water partition coefficient (Wildman–Crippen LogP) is 2.89. The summed E-state index contributed by atoms with van der Waals surface area (Å²) in [6.07, 6.45) is 1.17. The topological polar surface area (TPSA) is 79.5 Å². The largest absolute Gasteiger partial charge is 0.493 e. The van der Waals surface area contributed by atoms with Crippen LogP contribution in [0, 0.1) is 0 Å². The summed E-state index contributed by atoms with van der Waals surface area (Å²) in [5, 5.41) is 8.38. The molecule has 2 rings (SSSR count). The van der Waals surface area contributed by atoms with E-state index in [9.17, 15) is 9.59 Å².